The molecule has 0 spiro atoms. The van der Waals surface area contributed by atoms with Gasteiger partial charge in [0.1, 0.15) is 12.1 Å². The topological polar surface area (TPSA) is 147 Å². The lowest BCUT2D eigenvalue weighted by Crippen LogP contribution is -2.57. The molecule has 38 heavy (non-hydrogen) atoms. The lowest BCUT2D eigenvalue weighted by atomic mass is 9.85. The Morgan fingerprint density at radius 1 is 1.24 bits per heavy atom. The van der Waals surface area contributed by atoms with E-state index >= 15 is 0 Å². The highest BCUT2D eigenvalue weighted by atomic mass is 32.1. The number of aromatic nitrogens is 1. The molecule has 2 aromatic rings. The van der Waals surface area contributed by atoms with Crippen molar-refractivity contribution < 1.29 is 24.2 Å². The zero-order chi connectivity index (χ0) is 27.9. The molecule has 0 bridgehead atoms. The molecular weight excluding hydrogens is 506 g/mol. The molecule has 1 aromatic heterocycles. The van der Waals surface area contributed by atoms with E-state index in [-0.39, 0.29) is 44.4 Å². The second-order valence-corrected chi connectivity index (χ2v) is 11.4. The fourth-order valence-electron chi connectivity index (χ4n) is 4.36. The highest BCUT2D eigenvalue weighted by Gasteiger charge is 2.44. The lowest BCUT2D eigenvalue weighted by molar-refractivity contribution is -0.144. The molecule has 1 aliphatic rings. The summed E-state index contributed by atoms with van der Waals surface area (Å²) in [6.07, 6.45) is -0.593. The number of rotatable bonds is 11. The molecule has 11 heteroatoms. The Hall–Kier alpha value is -2.86. The molecule has 5 N–H and O–H groups in total. The highest BCUT2D eigenvalue weighted by molar-refractivity contribution is 7.13. The van der Waals surface area contributed by atoms with Crippen LogP contribution >= 0.6 is 11.3 Å². The summed E-state index contributed by atoms with van der Waals surface area (Å²) < 4.78 is 5.27. The van der Waals surface area contributed by atoms with E-state index in [0.717, 1.165) is 21.7 Å². The van der Waals surface area contributed by atoms with Gasteiger partial charge in [-0.25, -0.2) is 4.98 Å². The molecule has 3 unspecified atom stereocenters. The molecule has 3 atom stereocenters. The zero-order valence-electron chi connectivity index (χ0n) is 22.5. The minimum absolute atomic E-state index is 0.0296. The van der Waals surface area contributed by atoms with Gasteiger partial charge < -0.3 is 31.1 Å². The Bertz CT molecular complexity index is 1100. The molecule has 3 amide bonds. The van der Waals surface area contributed by atoms with Gasteiger partial charge in [-0.3, -0.25) is 14.4 Å². The number of hydrogen-bond acceptors (Lipinski definition) is 8. The van der Waals surface area contributed by atoms with Crippen LogP contribution in [0, 0.1) is 12.3 Å². The molecule has 1 aromatic carbocycles. The van der Waals surface area contributed by atoms with Gasteiger partial charge in [-0.15, -0.1) is 11.3 Å². The fourth-order valence-corrected chi connectivity index (χ4v) is 5.18. The van der Waals surface area contributed by atoms with Crippen LogP contribution in [-0.4, -0.2) is 77.2 Å². The number of nitrogens with one attached hydrogen (secondary N) is 2. The minimum atomic E-state index is -0.868. The summed E-state index contributed by atoms with van der Waals surface area (Å²) in [4.78, 5) is 46.0. The van der Waals surface area contributed by atoms with Gasteiger partial charge in [0.15, 0.2) is 0 Å². The third-order valence-electron chi connectivity index (χ3n) is 6.45. The van der Waals surface area contributed by atoms with Crippen LogP contribution in [0.3, 0.4) is 0 Å². The Labute approximate surface area is 228 Å². The van der Waals surface area contributed by atoms with Gasteiger partial charge in [-0.2, -0.15) is 0 Å². The molecule has 0 radical (unpaired) electrons. The molecule has 1 aliphatic heterocycles. The van der Waals surface area contributed by atoms with Gasteiger partial charge in [0.25, 0.3) is 0 Å². The van der Waals surface area contributed by atoms with Crippen molar-refractivity contribution in [1.29, 1.82) is 0 Å². The maximum absolute atomic E-state index is 13.6. The molecule has 0 aliphatic carbocycles. The van der Waals surface area contributed by atoms with Crippen molar-refractivity contribution in [2.24, 2.45) is 11.1 Å². The largest absolute Gasteiger partial charge is 0.391 e. The van der Waals surface area contributed by atoms with Gasteiger partial charge in [-0.05, 0) is 23.5 Å². The number of amides is 3. The number of β-amino-alcohol motifs (C(OH)–C–C–N with tert-alkyl or cyclic N) is 1. The number of ether oxygens (including phenoxy) is 1. The third-order valence-corrected chi connectivity index (χ3v) is 7.42. The standard InChI is InChI=1S/C27H39N5O5S/c1-17-23(38-16-30-17)19-7-5-18(6-8-19)14-29-25(35)21-13-20(33)15-32(21)26(36)24(27(2,3)4)31-22(34)9-11-37-12-10-28/h5-8,16,20-21,24,33H,9-15,28H2,1-4H3,(H,29,35)(H,31,34). The quantitative estimate of drug-likeness (QED) is 0.314. The predicted molar refractivity (Wildman–Crippen MR) is 146 cm³/mol. The van der Waals surface area contributed by atoms with Crippen molar-refractivity contribution in [2.45, 2.75) is 65.3 Å². The molecule has 0 saturated carbocycles. The van der Waals surface area contributed by atoms with Crippen LogP contribution in [0.4, 0.5) is 0 Å². The Morgan fingerprint density at radius 3 is 2.55 bits per heavy atom. The lowest BCUT2D eigenvalue weighted by Gasteiger charge is -2.35. The summed E-state index contributed by atoms with van der Waals surface area (Å²) in [6.45, 7) is 8.75. The number of thiazole rings is 1. The average Bonchev–Trinajstić information content (AvgIpc) is 3.48. The molecule has 1 fully saturated rings. The summed E-state index contributed by atoms with van der Waals surface area (Å²) >= 11 is 1.58. The van der Waals surface area contributed by atoms with Crippen LogP contribution in [0.1, 0.15) is 44.9 Å². The van der Waals surface area contributed by atoms with Gasteiger partial charge in [0.2, 0.25) is 17.7 Å². The Morgan fingerprint density at radius 2 is 1.95 bits per heavy atom. The number of hydrogen-bond donors (Lipinski definition) is 4. The van der Waals surface area contributed by atoms with E-state index in [0.29, 0.717) is 13.2 Å². The number of aryl methyl sites for hydroxylation is 1. The number of nitrogens with two attached hydrogens (primary N) is 1. The van der Waals surface area contributed by atoms with Gasteiger partial charge >= 0.3 is 0 Å². The average molecular weight is 546 g/mol. The molecule has 1 saturated heterocycles. The summed E-state index contributed by atoms with van der Waals surface area (Å²) in [5.41, 5.74) is 9.55. The van der Waals surface area contributed by atoms with E-state index in [9.17, 15) is 19.5 Å². The van der Waals surface area contributed by atoms with Crippen LogP contribution in [-0.2, 0) is 25.7 Å². The third kappa shape index (κ3) is 7.83. The first kappa shape index (κ1) is 29.7. The van der Waals surface area contributed by atoms with E-state index in [1.54, 1.807) is 11.3 Å². The van der Waals surface area contributed by atoms with Crippen molar-refractivity contribution in [3.05, 3.63) is 41.0 Å². The van der Waals surface area contributed by atoms with E-state index in [1.807, 2.05) is 57.5 Å². The number of aliphatic hydroxyl groups excluding tert-OH is 1. The summed E-state index contributed by atoms with van der Waals surface area (Å²) in [5.74, 6) is -1.06. The zero-order valence-corrected chi connectivity index (χ0v) is 23.3. The SMILES string of the molecule is Cc1ncsc1-c1ccc(CNC(=O)C2CC(O)CN2C(=O)C(NC(=O)CCOCCN)C(C)(C)C)cc1. The number of nitrogens with zero attached hydrogens (tertiary/aromatic N) is 2. The monoisotopic (exact) mass is 545 g/mol. The van der Waals surface area contributed by atoms with E-state index < -0.39 is 29.5 Å². The highest BCUT2D eigenvalue weighted by Crippen LogP contribution is 2.28. The maximum Gasteiger partial charge on any atom is 0.246 e. The predicted octanol–water partition coefficient (Wildman–Crippen LogP) is 1.59. The summed E-state index contributed by atoms with van der Waals surface area (Å²) in [6, 6.07) is 6.19. The number of carbonyl (C=O) groups excluding carboxylic acids is 3. The van der Waals surface area contributed by atoms with Crippen LogP contribution in [0.25, 0.3) is 10.4 Å². The Balaban J connectivity index is 1.63. The Kier molecular flexibility index (Phi) is 10.4. The van der Waals surface area contributed by atoms with Gasteiger partial charge in [0, 0.05) is 32.5 Å². The van der Waals surface area contributed by atoms with Gasteiger partial charge in [0.05, 0.1) is 35.4 Å². The minimum Gasteiger partial charge on any atom is -0.391 e. The second-order valence-electron chi connectivity index (χ2n) is 10.6. The molecule has 2 heterocycles. The van der Waals surface area contributed by atoms with Crippen molar-refractivity contribution in [3.8, 4) is 10.4 Å². The first-order valence-corrected chi connectivity index (χ1v) is 13.7. The molecule has 3 rings (SSSR count). The number of aliphatic hydroxyl groups is 1. The first-order chi connectivity index (χ1) is 18.0. The fraction of sp³-hybridized carbons (Fsp3) is 0.556. The summed E-state index contributed by atoms with van der Waals surface area (Å²) in [5, 5.41) is 16.0. The number of carbonyl (C=O) groups is 3. The van der Waals surface area contributed by atoms with Crippen molar-refractivity contribution in [1.82, 2.24) is 20.5 Å². The van der Waals surface area contributed by atoms with Crippen LogP contribution in [0.15, 0.2) is 29.8 Å². The van der Waals surface area contributed by atoms with Crippen LogP contribution in [0.2, 0.25) is 0 Å². The molecular formula is C27H39N5O5S. The summed E-state index contributed by atoms with van der Waals surface area (Å²) in [7, 11) is 0. The smallest absolute Gasteiger partial charge is 0.246 e. The van der Waals surface area contributed by atoms with E-state index in [4.69, 9.17) is 10.5 Å². The van der Waals surface area contributed by atoms with Crippen molar-refractivity contribution in [3.63, 3.8) is 0 Å². The number of benzene rings is 1. The first-order valence-electron chi connectivity index (χ1n) is 12.8. The molecule has 208 valence electrons. The second kappa shape index (κ2) is 13.3. The number of likely N-dealkylation sites (tertiary alicyclic amines) is 1. The maximum atomic E-state index is 13.6. The van der Waals surface area contributed by atoms with Crippen LogP contribution < -0.4 is 16.4 Å². The van der Waals surface area contributed by atoms with Gasteiger partial charge in [-0.1, -0.05) is 45.0 Å². The van der Waals surface area contributed by atoms with Crippen molar-refractivity contribution >= 4 is 29.1 Å². The van der Waals surface area contributed by atoms with Crippen molar-refractivity contribution in [2.75, 3.05) is 26.3 Å². The van der Waals surface area contributed by atoms with E-state index in [1.165, 1.54) is 4.90 Å². The molecule has 10 nitrogen and oxygen atoms in total. The van der Waals surface area contributed by atoms with E-state index in [2.05, 4.69) is 15.6 Å². The normalized spacial score (nSPS) is 18.3. The van der Waals surface area contributed by atoms with Crippen LogP contribution in [0.5, 0.6) is 0 Å².